The van der Waals surface area contributed by atoms with Gasteiger partial charge in [-0.15, -0.1) is 0 Å². The van der Waals surface area contributed by atoms with Crippen molar-refractivity contribution < 1.29 is 18.7 Å². The molecule has 0 aromatic heterocycles. The molecule has 3 aromatic carbocycles. The molecule has 0 saturated carbocycles. The Labute approximate surface area is 168 Å². The van der Waals surface area contributed by atoms with Crippen LogP contribution in [0.25, 0.3) is 0 Å². The fourth-order valence-corrected chi connectivity index (χ4v) is 2.76. The highest BCUT2D eigenvalue weighted by atomic mass is 19.1. The molecule has 0 heterocycles. The average molecular weight is 392 g/mol. The number of ether oxygens (including phenoxy) is 1. The summed E-state index contributed by atoms with van der Waals surface area (Å²) in [6, 6.07) is 19.6. The Bertz CT molecular complexity index is 986. The lowest BCUT2D eigenvalue weighted by atomic mass is 10.1. The summed E-state index contributed by atoms with van der Waals surface area (Å²) in [4.78, 5) is 24.5. The molecule has 0 bridgehead atoms. The highest BCUT2D eigenvalue weighted by Crippen LogP contribution is 2.13. The van der Waals surface area contributed by atoms with Gasteiger partial charge >= 0.3 is 0 Å². The maximum Gasteiger partial charge on any atom is 0.255 e. The fraction of sp³-hybridized carbons (Fsp3) is 0.130. The monoisotopic (exact) mass is 392 g/mol. The van der Waals surface area contributed by atoms with Gasteiger partial charge in [-0.25, -0.2) is 4.39 Å². The predicted octanol–water partition coefficient (Wildman–Crippen LogP) is 4.06. The van der Waals surface area contributed by atoms with Crippen LogP contribution in [0.4, 0.5) is 10.1 Å². The minimum absolute atomic E-state index is 0.210. The first-order valence-corrected chi connectivity index (χ1v) is 9.13. The van der Waals surface area contributed by atoms with Crippen molar-refractivity contribution in [3.63, 3.8) is 0 Å². The summed E-state index contributed by atoms with van der Waals surface area (Å²) in [5, 5.41) is 5.54. The van der Waals surface area contributed by atoms with Gasteiger partial charge < -0.3 is 15.4 Å². The number of methoxy groups -OCH3 is 1. The zero-order valence-corrected chi connectivity index (χ0v) is 15.9. The van der Waals surface area contributed by atoms with Crippen molar-refractivity contribution in [3.8, 4) is 5.75 Å². The van der Waals surface area contributed by atoms with Crippen LogP contribution >= 0.6 is 0 Å². The lowest BCUT2D eigenvalue weighted by Crippen LogP contribution is -2.25. The minimum Gasteiger partial charge on any atom is -0.497 e. The third kappa shape index (κ3) is 5.65. The number of hydrogen-bond acceptors (Lipinski definition) is 3. The van der Waals surface area contributed by atoms with E-state index in [4.69, 9.17) is 4.74 Å². The van der Waals surface area contributed by atoms with E-state index in [0.717, 1.165) is 11.3 Å². The van der Waals surface area contributed by atoms with Crippen LogP contribution in [0.15, 0.2) is 72.8 Å². The number of benzene rings is 3. The van der Waals surface area contributed by atoms with Gasteiger partial charge in [-0.2, -0.15) is 0 Å². The van der Waals surface area contributed by atoms with Gasteiger partial charge in [-0.3, -0.25) is 9.59 Å². The quantitative estimate of drug-likeness (QED) is 0.637. The Morgan fingerprint density at radius 1 is 0.897 bits per heavy atom. The largest absolute Gasteiger partial charge is 0.497 e. The smallest absolute Gasteiger partial charge is 0.255 e. The van der Waals surface area contributed by atoms with Gasteiger partial charge in [0.25, 0.3) is 11.8 Å². The number of anilines is 1. The molecule has 0 unspecified atom stereocenters. The van der Waals surface area contributed by atoms with Crippen LogP contribution in [0.5, 0.6) is 5.75 Å². The van der Waals surface area contributed by atoms with Gasteiger partial charge in [0.15, 0.2) is 0 Å². The Balaban J connectivity index is 1.52. The van der Waals surface area contributed by atoms with E-state index in [0.29, 0.717) is 29.8 Å². The molecule has 0 aliphatic heterocycles. The fourth-order valence-electron chi connectivity index (χ4n) is 2.76. The zero-order chi connectivity index (χ0) is 20.6. The molecule has 2 amide bonds. The number of amides is 2. The SMILES string of the molecule is COc1cccc(CCNC(=O)c2ccc(C(=O)Nc3ccc(F)cc3)cc2)c1. The van der Waals surface area contributed by atoms with Gasteiger partial charge in [-0.1, -0.05) is 12.1 Å². The standard InChI is InChI=1S/C23H21FN2O3/c1-29-21-4-2-3-16(15-21)13-14-25-22(27)17-5-7-18(8-6-17)23(28)26-20-11-9-19(24)10-12-20/h2-12,15H,13-14H2,1H3,(H,25,27)(H,26,28). The van der Waals surface area contributed by atoms with Crippen LogP contribution in [0, 0.1) is 5.82 Å². The molecule has 2 N–H and O–H groups in total. The lowest BCUT2D eigenvalue weighted by molar-refractivity contribution is 0.0952. The maximum atomic E-state index is 12.9. The summed E-state index contributed by atoms with van der Waals surface area (Å²) in [6.07, 6.45) is 0.682. The van der Waals surface area contributed by atoms with Crippen molar-refractivity contribution >= 4 is 17.5 Å². The van der Waals surface area contributed by atoms with E-state index in [1.807, 2.05) is 24.3 Å². The molecule has 148 valence electrons. The molecule has 0 spiro atoms. The van der Waals surface area contributed by atoms with E-state index in [2.05, 4.69) is 10.6 Å². The van der Waals surface area contributed by atoms with E-state index in [1.165, 1.54) is 24.3 Å². The Kier molecular flexibility index (Phi) is 6.58. The molecular weight excluding hydrogens is 371 g/mol. The predicted molar refractivity (Wildman–Crippen MR) is 110 cm³/mol. The molecule has 5 nitrogen and oxygen atoms in total. The van der Waals surface area contributed by atoms with E-state index in [1.54, 1.807) is 31.4 Å². The third-order valence-electron chi connectivity index (χ3n) is 4.34. The number of nitrogens with one attached hydrogen (secondary N) is 2. The molecule has 3 rings (SSSR count). The van der Waals surface area contributed by atoms with Crippen molar-refractivity contribution in [2.24, 2.45) is 0 Å². The molecule has 3 aromatic rings. The van der Waals surface area contributed by atoms with E-state index >= 15 is 0 Å². The van der Waals surface area contributed by atoms with Crippen LogP contribution < -0.4 is 15.4 Å². The van der Waals surface area contributed by atoms with Crippen LogP contribution in [0.1, 0.15) is 26.3 Å². The minimum atomic E-state index is -0.371. The van der Waals surface area contributed by atoms with Crippen molar-refractivity contribution in [3.05, 3.63) is 95.3 Å². The molecular formula is C23H21FN2O3. The topological polar surface area (TPSA) is 67.4 Å². The zero-order valence-electron chi connectivity index (χ0n) is 15.9. The molecule has 0 radical (unpaired) electrons. The van der Waals surface area contributed by atoms with Crippen LogP contribution in [0.2, 0.25) is 0 Å². The Hall–Kier alpha value is -3.67. The summed E-state index contributed by atoms with van der Waals surface area (Å²) in [5.41, 5.74) is 2.43. The van der Waals surface area contributed by atoms with Gasteiger partial charge in [-0.05, 0) is 72.6 Å². The lowest BCUT2D eigenvalue weighted by Gasteiger charge is -2.08. The van der Waals surface area contributed by atoms with Crippen LogP contribution in [0.3, 0.4) is 0 Å². The van der Waals surface area contributed by atoms with E-state index in [9.17, 15) is 14.0 Å². The van der Waals surface area contributed by atoms with Crippen molar-refractivity contribution in [1.29, 1.82) is 0 Å². The van der Waals surface area contributed by atoms with Crippen LogP contribution in [-0.4, -0.2) is 25.5 Å². The normalized spacial score (nSPS) is 10.3. The highest BCUT2D eigenvalue weighted by molar-refractivity contribution is 6.05. The average Bonchev–Trinajstić information content (AvgIpc) is 2.75. The third-order valence-corrected chi connectivity index (χ3v) is 4.34. The first-order valence-electron chi connectivity index (χ1n) is 9.13. The molecule has 0 aliphatic carbocycles. The second kappa shape index (κ2) is 9.50. The highest BCUT2D eigenvalue weighted by Gasteiger charge is 2.09. The molecule has 0 atom stereocenters. The van der Waals surface area contributed by atoms with Crippen LogP contribution in [-0.2, 0) is 6.42 Å². The molecule has 6 heteroatoms. The molecule has 0 fully saturated rings. The maximum absolute atomic E-state index is 12.9. The van der Waals surface area contributed by atoms with E-state index < -0.39 is 0 Å². The Morgan fingerprint density at radius 3 is 2.21 bits per heavy atom. The second-order valence-corrected chi connectivity index (χ2v) is 6.40. The number of halogens is 1. The van der Waals surface area contributed by atoms with Gasteiger partial charge in [0.2, 0.25) is 0 Å². The Morgan fingerprint density at radius 2 is 1.55 bits per heavy atom. The number of hydrogen-bond donors (Lipinski definition) is 2. The first kappa shape index (κ1) is 20.1. The van der Waals surface area contributed by atoms with Gasteiger partial charge in [0, 0.05) is 23.4 Å². The number of carbonyl (C=O) groups excluding carboxylic acids is 2. The molecule has 0 saturated heterocycles. The van der Waals surface area contributed by atoms with Crippen molar-refractivity contribution in [2.75, 3.05) is 19.0 Å². The number of rotatable bonds is 7. The number of carbonyl (C=O) groups is 2. The first-order chi connectivity index (χ1) is 14.0. The summed E-state index contributed by atoms with van der Waals surface area (Å²) in [6.45, 7) is 0.485. The summed E-state index contributed by atoms with van der Waals surface area (Å²) in [5.74, 6) is -0.131. The molecule has 0 aliphatic rings. The van der Waals surface area contributed by atoms with Crippen molar-refractivity contribution in [1.82, 2.24) is 5.32 Å². The van der Waals surface area contributed by atoms with Gasteiger partial charge in [0.05, 0.1) is 7.11 Å². The summed E-state index contributed by atoms with van der Waals surface area (Å²) >= 11 is 0. The van der Waals surface area contributed by atoms with E-state index in [-0.39, 0.29) is 17.6 Å². The van der Waals surface area contributed by atoms with Gasteiger partial charge in [0.1, 0.15) is 11.6 Å². The summed E-state index contributed by atoms with van der Waals surface area (Å²) < 4.78 is 18.1. The second-order valence-electron chi connectivity index (χ2n) is 6.40. The van der Waals surface area contributed by atoms with Crippen molar-refractivity contribution in [2.45, 2.75) is 6.42 Å². The molecule has 29 heavy (non-hydrogen) atoms. The summed E-state index contributed by atoms with van der Waals surface area (Å²) in [7, 11) is 1.62.